The molecule has 11 nitrogen and oxygen atoms in total. The second-order valence-corrected chi connectivity index (χ2v) is 8.69. The lowest BCUT2D eigenvalue weighted by molar-refractivity contribution is -0.121. The Morgan fingerprint density at radius 1 is 1.14 bits per heavy atom. The normalized spacial score (nSPS) is 13.0. The largest absolute Gasteiger partial charge is 0.478 e. The zero-order valence-corrected chi connectivity index (χ0v) is 19.5. The van der Waals surface area contributed by atoms with E-state index in [1.54, 1.807) is 24.3 Å². The van der Waals surface area contributed by atoms with Crippen molar-refractivity contribution in [2.45, 2.75) is 38.4 Å². The van der Waals surface area contributed by atoms with Crippen LogP contribution in [0.5, 0.6) is 0 Å². The molecule has 2 aromatic carbocycles. The molecule has 3 aromatic rings. The summed E-state index contributed by atoms with van der Waals surface area (Å²) in [7, 11) is 0. The molecule has 1 fully saturated rings. The number of hydrogen-bond donors (Lipinski definition) is 6. The fourth-order valence-corrected chi connectivity index (χ4v) is 3.85. The predicted octanol–water partition coefficient (Wildman–Crippen LogP) is 1.76. The van der Waals surface area contributed by atoms with Gasteiger partial charge < -0.3 is 27.2 Å². The molecule has 0 radical (unpaired) electrons. The fourth-order valence-electron chi connectivity index (χ4n) is 3.85. The number of carboxylic acid groups (broad SMARTS) is 1. The maximum absolute atomic E-state index is 13.3. The first kappa shape index (κ1) is 24.5. The van der Waals surface area contributed by atoms with Crippen molar-refractivity contribution in [1.29, 1.82) is 5.41 Å². The maximum Gasteiger partial charge on any atom is 0.335 e. The van der Waals surface area contributed by atoms with E-state index in [4.69, 9.17) is 16.9 Å². The minimum atomic E-state index is -1.16. The molecule has 0 bridgehead atoms. The number of carboxylic acids is 1. The highest BCUT2D eigenvalue weighted by Gasteiger charge is 2.22. The van der Waals surface area contributed by atoms with E-state index in [-0.39, 0.29) is 47.7 Å². The summed E-state index contributed by atoms with van der Waals surface area (Å²) in [5.74, 6) is -1.49. The number of hydrogen-bond acceptors (Lipinski definition) is 7. The van der Waals surface area contributed by atoms with E-state index in [2.05, 4.69) is 15.6 Å². The number of carbonyl (C=O) groups excluding carboxylic acids is 1. The molecular weight excluding hydrogens is 462 g/mol. The summed E-state index contributed by atoms with van der Waals surface area (Å²) in [5, 5.41) is 22.8. The van der Waals surface area contributed by atoms with Crippen molar-refractivity contribution >= 4 is 29.2 Å². The third-order valence-corrected chi connectivity index (χ3v) is 6.05. The molecule has 0 unspecified atom stereocenters. The van der Waals surface area contributed by atoms with Crippen molar-refractivity contribution in [2.24, 2.45) is 5.73 Å². The minimum Gasteiger partial charge on any atom is -0.478 e. The first-order valence-electron chi connectivity index (χ1n) is 11.4. The van der Waals surface area contributed by atoms with Crippen LogP contribution >= 0.6 is 0 Å². The lowest BCUT2D eigenvalue weighted by atomic mass is 9.93. The summed E-state index contributed by atoms with van der Waals surface area (Å²) < 4.78 is 1.27. The van der Waals surface area contributed by atoms with Gasteiger partial charge in [-0.1, -0.05) is 24.3 Å². The van der Waals surface area contributed by atoms with Crippen LogP contribution in [0.25, 0.3) is 11.3 Å². The molecule has 1 heterocycles. The molecule has 1 saturated carbocycles. The topological polar surface area (TPSA) is 189 Å². The van der Waals surface area contributed by atoms with E-state index in [1.807, 2.05) is 0 Å². The highest BCUT2D eigenvalue weighted by Crippen LogP contribution is 2.25. The van der Waals surface area contributed by atoms with Crippen molar-refractivity contribution in [3.05, 3.63) is 75.7 Å². The van der Waals surface area contributed by atoms with Gasteiger partial charge in [0.2, 0.25) is 5.91 Å². The fraction of sp³-hybridized carbons (Fsp3) is 0.240. The standard InChI is InChI=1S/C25H27N7O4/c26-18-9-16(8-17(10-18)25(35)36)20-12-30-23(31-19-2-1-3-19)24(34)32(20)13-21(33)29-11-14-4-6-15(7-5-14)22(27)28/h4-10,12,19H,1-3,11,13,26H2,(H3,27,28)(H,29,33)(H,30,31)(H,35,36). The van der Waals surface area contributed by atoms with Crippen LogP contribution in [0.3, 0.4) is 0 Å². The zero-order chi connectivity index (χ0) is 25.8. The summed E-state index contributed by atoms with van der Waals surface area (Å²) in [6, 6.07) is 11.3. The van der Waals surface area contributed by atoms with Crippen molar-refractivity contribution in [3.8, 4) is 11.3 Å². The highest BCUT2D eigenvalue weighted by molar-refractivity contribution is 5.95. The maximum atomic E-state index is 13.3. The average molecular weight is 490 g/mol. The molecule has 1 aromatic heterocycles. The predicted molar refractivity (Wildman–Crippen MR) is 136 cm³/mol. The second kappa shape index (κ2) is 10.3. The average Bonchev–Trinajstić information content (AvgIpc) is 2.82. The van der Waals surface area contributed by atoms with Crippen LogP contribution in [0.2, 0.25) is 0 Å². The molecule has 1 amide bonds. The zero-order valence-electron chi connectivity index (χ0n) is 19.5. The van der Waals surface area contributed by atoms with E-state index >= 15 is 0 Å². The summed E-state index contributed by atoms with van der Waals surface area (Å²) in [6.07, 6.45) is 4.38. The molecule has 0 spiro atoms. The van der Waals surface area contributed by atoms with Gasteiger partial charge in [0, 0.05) is 29.4 Å². The number of rotatable bonds is 9. The summed E-state index contributed by atoms with van der Waals surface area (Å²) >= 11 is 0. The quantitative estimate of drug-likeness (QED) is 0.149. The summed E-state index contributed by atoms with van der Waals surface area (Å²) in [4.78, 5) is 42.0. The molecule has 1 aliphatic rings. The van der Waals surface area contributed by atoms with Crippen LogP contribution in [0, 0.1) is 5.41 Å². The number of nitrogens with one attached hydrogen (secondary N) is 3. The van der Waals surface area contributed by atoms with Crippen LogP contribution < -0.4 is 27.7 Å². The molecule has 0 aliphatic heterocycles. The highest BCUT2D eigenvalue weighted by atomic mass is 16.4. The molecule has 8 N–H and O–H groups in total. The minimum absolute atomic E-state index is 0.0425. The number of carbonyl (C=O) groups is 2. The molecule has 0 atom stereocenters. The number of nitrogens with two attached hydrogens (primary N) is 2. The van der Waals surface area contributed by atoms with E-state index in [0.29, 0.717) is 11.1 Å². The van der Waals surface area contributed by atoms with Crippen LogP contribution in [0.1, 0.15) is 40.7 Å². The van der Waals surface area contributed by atoms with E-state index in [1.165, 1.54) is 29.0 Å². The van der Waals surface area contributed by atoms with Gasteiger partial charge in [-0.3, -0.25) is 19.6 Å². The van der Waals surface area contributed by atoms with Gasteiger partial charge in [-0.2, -0.15) is 0 Å². The third-order valence-electron chi connectivity index (χ3n) is 6.05. The van der Waals surface area contributed by atoms with E-state index in [0.717, 1.165) is 24.8 Å². The number of benzene rings is 2. The summed E-state index contributed by atoms with van der Waals surface area (Å²) in [5.41, 5.74) is 13.1. The SMILES string of the molecule is N=C(N)c1ccc(CNC(=O)Cn2c(-c3cc(N)cc(C(=O)O)c3)cnc(NC3CCC3)c2=O)cc1. The van der Waals surface area contributed by atoms with Crippen LogP contribution in [-0.4, -0.2) is 38.4 Å². The van der Waals surface area contributed by atoms with Crippen molar-refractivity contribution in [2.75, 3.05) is 11.1 Å². The monoisotopic (exact) mass is 489 g/mol. The van der Waals surface area contributed by atoms with Crippen LogP contribution in [0.15, 0.2) is 53.5 Å². The lowest BCUT2D eigenvalue weighted by Gasteiger charge is -2.27. The van der Waals surface area contributed by atoms with Gasteiger partial charge in [-0.25, -0.2) is 9.78 Å². The second-order valence-electron chi connectivity index (χ2n) is 8.69. The van der Waals surface area contributed by atoms with E-state index in [9.17, 15) is 19.5 Å². The van der Waals surface area contributed by atoms with Crippen molar-refractivity contribution in [1.82, 2.24) is 14.9 Å². The van der Waals surface area contributed by atoms with Gasteiger partial charge in [0.25, 0.3) is 5.56 Å². The molecular formula is C25H27N7O4. The van der Waals surface area contributed by atoms with Crippen LogP contribution in [-0.2, 0) is 17.9 Å². The number of aromatic carboxylic acids is 1. The Morgan fingerprint density at radius 3 is 2.47 bits per heavy atom. The molecule has 4 rings (SSSR count). The van der Waals surface area contributed by atoms with Gasteiger partial charge >= 0.3 is 5.97 Å². The molecule has 0 saturated heterocycles. The van der Waals surface area contributed by atoms with Gasteiger partial charge in [-0.15, -0.1) is 0 Å². The van der Waals surface area contributed by atoms with Gasteiger partial charge in [0.05, 0.1) is 17.5 Å². The lowest BCUT2D eigenvalue weighted by Crippen LogP contribution is -2.36. The Kier molecular flexibility index (Phi) is 7.00. The molecule has 11 heteroatoms. The number of nitrogen functional groups attached to an aromatic ring is 2. The van der Waals surface area contributed by atoms with Crippen LogP contribution in [0.4, 0.5) is 11.5 Å². The Balaban J connectivity index is 1.62. The number of anilines is 2. The number of amides is 1. The number of amidine groups is 1. The van der Waals surface area contributed by atoms with Gasteiger partial charge in [0.1, 0.15) is 12.4 Å². The van der Waals surface area contributed by atoms with E-state index < -0.39 is 17.4 Å². The smallest absolute Gasteiger partial charge is 0.335 e. The third kappa shape index (κ3) is 5.52. The molecule has 36 heavy (non-hydrogen) atoms. The van der Waals surface area contributed by atoms with Crippen molar-refractivity contribution < 1.29 is 14.7 Å². The number of nitrogens with zero attached hydrogens (tertiary/aromatic N) is 2. The molecule has 1 aliphatic carbocycles. The number of aromatic nitrogens is 2. The Labute approximate surface area is 206 Å². The Bertz CT molecular complexity index is 1380. The first-order chi connectivity index (χ1) is 17.2. The Hall–Kier alpha value is -4.67. The molecule has 186 valence electrons. The van der Waals surface area contributed by atoms with Gasteiger partial charge in [0.15, 0.2) is 5.82 Å². The summed E-state index contributed by atoms with van der Waals surface area (Å²) in [6.45, 7) is -0.0976. The van der Waals surface area contributed by atoms with Gasteiger partial charge in [-0.05, 0) is 43.0 Å². The van der Waals surface area contributed by atoms with Crippen molar-refractivity contribution in [3.63, 3.8) is 0 Å². The Morgan fingerprint density at radius 2 is 1.86 bits per heavy atom. The first-order valence-corrected chi connectivity index (χ1v) is 11.4.